The summed E-state index contributed by atoms with van der Waals surface area (Å²) in [6, 6.07) is 0. The van der Waals surface area contributed by atoms with E-state index >= 15 is 0 Å². The van der Waals surface area contributed by atoms with E-state index < -0.39 is 29.9 Å². The molecule has 8 nitrogen and oxygen atoms in total. The van der Waals surface area contributed by atoms with E-state index in [4.69, 9.17) is 20.1 Å². The largest absolute Gasteiger partial charge is 0.480 e. The van der Waals surface area contributed by atoms with Crippen LogP contribution in [0.15, 0.2) is 0 Å². The van der Waals surface area contributed by atoms with Gasteiger partial charge >= 0.3 is 17.9 Å². The number of carboxylic acid groups (broad SMARTS) is 2. The quantitative estimate of drug-likeness (QED) is 0.222. The summed E-state index contributed by atoms with van der Waals surface area (Å²) in [5.41, 5.74) is -2.12. The molecule has 0 saturated heterocycles. The van der Waals surface area contributed by atoms with Crippen molar-refractivity contribution < 1.29 is 34.4 Å². The number of hydrogen-bond acceptors (Lipinski definition) is 6. The number of unbranched alkanes of at least 4 members (excludes halogenated alkanes) is 2. The molecule has 0 aliphatic rings. The van der Waals surface area contributed by atoms with E-state index in [1.807, 2.05) is 0 Å². The molecule has 21 heavy (non-hydrogen) atoms. The monoisotopic (exact) mass is 305 g/mol. The first kappa shape index (κ1) is 19.3. The average molecular weight is 305 g/mol. The molecule has 0 atom stereocenters. The van der Waals surface area contributed by atoms with Gasteiger partial charge in [0.1, 0.15) is 6.61 Å². The summed E-state index contributed by atoms with van der Waals surface area (Å²) in [7, 11) is 0. The second-order valence-corrected chi connectivity index (χ2v) is 4.89. The minimum Gasteiger partial charge on any atom is -0.480 e. The number of carbonyl (C=O) groups is 3. The molecular weight excluding hydrogens is 282 g/mol. The highest BCUT2D eigenvalue weighted by atomic mass is 16.5. The maximum absolute atomic E-state index is 11.4. The van der Waals surface area contributed by atoms with E-state index in [9.17, 15) is 14.4 Å². The molecule has 0 amide bonds. The van der Waals surface area contributed by atoms with Crippen LogP contribution in [0.25, 0.3) is 0 Å². The van der Waals surface area contributed by atoms with Crippen LogP contribution in [-0.4, -0.2) is 59.5 Å². The number of aliphatic hydroxyl groups is 1. The number of ether oxygens (including phenoxy) is 1. The lowest BCUT2D eigenvalue weighted by Crippen LogP contribution is -2.41. The Labute approximate surface area is 123 Å². The van der Waals surface area contributed by atoms with Gasteiger partial charge in [-0.25, -0.2) is 0 Å². The van der Waals surface area contributed by atoms with Gasteiger partial charge in [-0.2, -0.15) is 0 Å². The van der Waals surface area contributed by atoms with Crippen LogP contribution < -0.4 is 5.32 Å². The smallest absolute Gasteiger partial charge is 0.324 e. The van der Waals surface area contributed by atoms with Crippen LogP contribution in [0.1, 0.15) is 32.6 Å². The van der Waals surface area contributed by atoms with E-state index in [0.29, 0.717) is 13.0 Å². The molecule has 0 aliphatic heterocycles. The Morgan fingerprint density at radius 2 is 1.67 bits per heavy atom. The van der Waals surface area contributed by atoms with Gasteiger partial charge in [0.2, 0.25) is 0 Å². The van der Waals surface area contributed by atoms with Crippen molar-refractivity contribution in [1.82, 2.24) is 5.32 Å². The Balaban J connectivity index is 3.85. The molecule has 0 saturated carbocycles. The number of carbonyl (C=O) groups excluding carboxylic acids is 1. The molecule has 0 spiro atoms. The van der Waals surface area contributed by atoms with Crippen molar-refractivity contribution in [3.8, 4) is 0 Å². The number of carboxylic acids is 2. The molecule has 0 rings (SSSR count). The SMILES string of the molecule is CC(COC(=O)CCCCCNCCO)(C(=O)O)C(=O)O. The minimum atomic E-state index is -2.12. The molecule has 0 fully saturated rings. The normalized spacial score (nSPS) is 11.1. The van der Waals surface area contributed by atoms with E-state index in [1.165, 1.54) is 0 Å². The highest BCUT2D eigenvalue weighted by Gasteiger charge is 2.43. The van der Waals surface area contributed by atoms with Gasteiger partial charge in [0.15, 0.2) is 5.41 Å². The first-order chi connectivity index (χ1) is 9.84. The maximum atomic E-state index is 11.4. The van der Waals surface area contributed by atoms with Gasteiger partial charge in [-0.05, 0) is 26.3 Å². The van der Waals surface area contributed by atoms with Crippen LogP contribution in [0.2, 0.25) is 0 Å². The van der Waals surface area contributed by atoms with Crippen molar-refractivity contribution in [2.24, 2.45) is 5.41 Å². The zero-order chi connectivity index (χ0) is 16.3. The van der Waals surface area contributed by atoms with Crippen LogP contribution >= 0.6 is 0 Å². The molecule has 0 aromatic carbocycles. The lowest BCUT2D eigenvalue weighted by molar-refractivity contribution is -0.170. The second-order valence-electron chi connectivity index (χ2n) is 4.89. The fraction of sp³-hybridized carbons (Fsp3) is 0.769. The Hall–Kier alpha value is -1.67. The summed E-state index contributed by atoms with van der Waals surface area (Å²) in [6.45, 7) is 1.67. The predicted molar refractivity (Wildman–Crippen MR) is 72.8 cm³/mol. The van der Waals surface area contributed by atoms with Crippen molar-refractivity contribution >= 4 is 17.9 Å². The second kappa shape index (κ2) is 10.1. The standard InChI is InChI=1S/C13H23NO7/c1-13(11(17)18,12(19)20)9-21-10(16)5-3-2-4-6-14-7-8-15/h14-15H,2-9H2,1H3,(H,17,18)(H,19,20). The summed E-state index contributed by atoms with van der Waals surface area (Å²) < 4.78 is 4.73. The van der Waals surface area contributed by atoms with Gasteiger partial charge in [-0.3, -0.25) is 14.4 Å². The molecule has 0 unspecified atom stereocenters. The van der Waals surface area contributed by atoms with E-state index in [-0.39, 0.29) is 13.0 Å². The molecule has 0 radical (unpaired) electrons. The van der Waals surface area contributed by atoms with Gasteiger partial charge in [-0.15, -0.1) is 0 Å². The summed E-state index contributed by atoms with van der Waals surface area (Å²) in [5, 5.41) is 29.2. The lowest BCUT2D eigenvalue weighted by Gasteiger charge is -2.19. The molecule has 0 bridgehead atoms. The summed E-state index contributed by atoms with van der Waals surface area (Å²) in [5.74, 6) is -3.69. The minimum absolute atomic E-state index is 0.0816. The zero-order valence-electron chi connectivity index (χ0n) is 12.1. The molecule has 0 aromatic heterocycles. The van der Waals surface area contributed by atoms with Crippen molar-refractivity contribution in [2.75, 3.05) is 26.3 Å². The van der Waals surface area contributed by atoms with Crippen molar-refractivity contribution in [2.45, 2.75) is 32.6 Å². The van der Waals surface area contributed by atoms with Gasteiger partial charge in [-0.1, -0.05) is 6.42 Å². The fourth-order valence-corrected chi connectivity index (χ4v) is 1.41. The topological polar surface area (TPSA) is 133 Å². The fourth-order valence-electron chi connectivity index (χ4n) is 1.41. The molecule has 4 N–H and O–H groups in total. The average Bonchev–Trinajstić information content (AvgIpc) is 2.43. The van der Waals surface area contributed by atoms with E-state index in [2.05, 4.69) is 5.32 Å². The molecular formula is C13H23NO7. The Morgan fingerprint density at radius 3 is 2.19 bits per heavy atom. The van der Waals surface area contributed by atoms with E-state index in [1.54, 1.807) is 0 Å². The molecule has 0 aliphatic carbocycles. The Kier molecular flexibility index (Phi) is 9.31. The highest BCUT2D eigenvalue weighted by molar-refractivity contribution is 5.98. The van der Waals surface area contributed by atoms with Crippen molar-refractivity contribution in [3.05, 3.63) is 0 Å². The van der Waals surface area contributed by atoms with Gasteiger partial charge in [0, 0.05) is 13.0 Å². The highest BCUT2D eigenvalue weighted by Crippen LogP contribution is 2.18. The first-order valence-corrected chi connectivity index (χ1v) is 6.78. The Morgan fingerprint density at radius 1 is 1.05 bits per heavy atom. The predicted octanol–water partition coefficient (Wildman–Crippen LogP) is -0.153. The van der Waals surface area contributed by atoms with Crippen LogP contribution in [0, 0.1) is 5.41 Å². The molecule has 8 heteroatoms. The third kappa shape index (κ3) is 7.62. The summed E-state index contributed by atoms with van der Waals surface area (Å²) >= 11 is 0. The summed E-state index contributed by atoms with van der Waals surface area (Å²) in [4.78, 5) is 33.1. The van der Waals surface area contributed by atoms with Gasteiger partial charge < -0.3 is 25.4 Å². The van der Waals surface area contributed by atoms with E-state index in [0.717, 1.165) is 26.3 Å². The van der Waals surface area contributed by atoms with Crippen molar-refractivity contribution in [3.63, 3.8) is 0 Å². The van der Waals surface area contributed by atoms with Gasteiger partial charge in [0.25, 0.3) is 0 Å². The van der Waals surface area contributed by atoms with Crippen molar-refractivity contribution in [1.29, 1.82) is 0 Å². The number of esters is 1. The molecule has 122 valence electrons. The van der Waals surface area contributed by atoms with Crippen LogP contribution in [0.3, 0.4) is 0 Å². The third-order valence-electron chi connectivity index (χ3n) is 2.99. The van der Waals surface area contributed by atoms with Crippen LogP contribution in [-0.2, 0) is 19.1 Å². The van der Waals surface area contributed by atoms with Crippen LogP contribution in [0.5, 0.6) is 0 Å². The first-order valence-electron chi connectivity index (χ1n) is 6.78. The summed E-state index contributed by atoms with van der Waals surface area (Å²) in [6.07, 6.45) is 2.32. The third-order valence-corrected chi connectivity index (χ3v) is 2.99. The number of rotatable bonds is 12. The Bertz CT molecular complexity index is 342. The number of aliphatic hydroxyl groups excluding tert-OH is 1. The zero-order valence-corrected chi connectivity index (χ0v) is 12.1. The number of hydrogen-bond donors (Lipinski definition) is 4. The number of nitrogens with one attached hydrogen (secondary N) is 1. The molecule has 0 heterocycles. The lowest BCUT2D eigenvalue weighted by atomic mass is 9.92. The molecule has 0 aromatic rings. The van der Waals surface area contributed by atoms with Gasteiger partial charge in [0.05, 0.1) is 6.61 Å². The number of aliphatic carboxylic acids is 2. The van der Waals surface area contributed by atoms with Crippen LogP contribution in [0.4, 0.5) is 0 Å². The maximum Gasteiger partial charge on any atom is 0.324 e.